The van der Waals surface area contributed by atoms with E-state index >= 15 is 0 Å². The smallest absolute Gasteiger partial charge is 0.321 e. The topological polar surface area (TPSA) is 78.5 Å². The van der Waals surface area contributed by atoms with E-state index in [2.05, 4.69) is 10.0 Å². The summed E-state index contributed by atoms with van der Waals surface area (Å²) in [4.78, 5) is 14.0. The second-order valence-corrected chi connectivity index (χ2v) is 7.03. The Morgan fingerprint density at radius 2 is 1.52 bits per heavy atom. The minimum Gasteiger partial charge on any atom is -0.325 e. The van der Waals surface area contributed by atoms with E-state index in [9.17, 15) is 13.2 Å². The van der Waals surface area contributed by atoms with Crippen LogP contribution in [0.4, 0.5) is 16.2 Å². The molecule has 0 atom stereocenters. The predicted octanol–water partition coefficient (Wildman–Crippen LogP) is 2.47. The van der Waals surface area contributed by atoms with Crippen molar-refractivity contribution in [3.05, 3.63) is 24.3 Å². The lowest BCUT2D eigenvalue weighted by atomic mass is 10.2. The van der Waals surface area contributed by atoms with Gasteiger partial charge in [0.25, 0.3) is 0 Å². The minimum atomic E-state index is -3.28. The van der Waals surface area contributed by atoms with Gasteiger partial charge in [0.05, 0.1) is 6.26 Å². The van der Waals surface area contributed by atoms with Crippen LogP contribution in [0.5, 0.6) is 0 Å². The average molecular weight is 311 g/mol. The molecule has 0 unspecified atom stereocenters. The van der Waals surface area contributed by atoms with Gasteiger partial charge in [0.2, 0.25) is 10.0 Å². The van der Waals surface area contributed by atoms with Crippen LogP contribution in [0.3, 0.4) is 0 Å². The van der Waals surface area contributed by atoms with Crippen molar-refractivity contribution in [3.63, 3.8) is 0 Å². The van der Waals surface area contributed by atoms with Crippen molar-refractivity contribution in [1.29, 1.82) is 0 Å². The maximum absolute atomic E-state index is 12.1. The quantitative estimate of drug-likeness (QED) is 0.900. The molecule has 1 aliphatic rings. The van der Waals surface area contributed by atoms with Gasteiger partial charge in [0, 0.05) is 24.5 Å². The van der Waals surface area contributed by atoms with Crippen LogP contribution >= 0.6 is 0 Å². The van der Waals surface area contributed by atoms with Crippen LogP contribution in [0.25, 0.3) is 0 Å². The second-order valence-electron chi connectivity index (χ2n) is 5.28. The number of anilines is 2. The van der Waals surface area contributed by atoms with Crippen LogP contribution in [0.15, 0.2) is 24.3 Å². The molecule has 2 rings (SSSR count). The van der Waals surface area contributed by atoms with Gasteiger partial charge in [0.1, 0.15) is 0 Å². The fraction of sp³-hybridized carbons (Fsp3) is 0.500. The van der Waals surface area contributed by atoms with Gasteiger partial charge in [-0.25, -0.2) is 13.2 Å². The van der Waals surface area contributed by atoms with Crippen molar-refractivity contribution >= 4 is 27.4 Å². The van der Waals surface area contributed by atoms with Crippen molar-refractivity contribution in [1.82, 2.24) is 4.90 Å². The standard InChI is InChI=1S/C14H21N3O3S/c1-21(19,20)16-13-8-6-12(7-9-13)15-14(18)17-10-4-2-3-5-11-17/h6-9,16H,2-5,10-11H2,1H3,(H,15,18). The molecule has 21 heavy (non-hydrogen) atoms. The fourth-order valence-electron chi connectivity index (χ4n) is 2.31. The number of rotatable bonds is 3. The summed E-state index contributed by atoms with van der Waals surface area (Å²) in [6, 6.07) is 6.52. The molecule has 116 valence electrons. The van der Waals surface area contributed by atoms with Gasteiger partial charge in [-0.05, 0) is 37.1 Å². The summed E-state index contributed by atoms with van der Waals surface area (Å²) < 4.78 is 24.6. The summed E-state index contributed by atoms with van der Waals surface area (Å²) in [6.07, 6.45) is 5.54. The molecule has 0 saturated carbocycles. The van der Waals surface area contributed by atoms with Gasteiger partial charge in [-0.15, -0.1) is 0 Å². The molecular formula is C14H21N3O3S. The first kappa shape index (κ1) is 15.6. The maximum Gasteiger partial charge on any atom is 0.321 e. The molecule has 1 heterocycles. The van der Waals surface area contributed by atoms with E-state index in [4.69, 9.17) is 0 Å². The Hall–Kier alpha value is -1.76. The van der Waals surface area contributed by atoms with E-state index in [0.717, 1.165) is 32.2 Å². The van der Waals surface area contributed by atoms with Crippen LogP contribution < -0.4 is 10.0 Å². The molecule has 0 aliphatic carbocycles. The summed E-state index contributed by atoms with van der Waals surface area (Å²) in [5.74, 6) is 0. The lowest BCUT2D eigenvalue weighted by molar-refractivity contribution is 0.214. The Morgan fingerprint density at radius 3 is 2.05 bits per heavy atom. The van der Waals surface area contributed by atoms with Gasteiger partial charge in [-0.3, -0.25) is 4.72 Å². The highest BCUT2D eigenvalue weighted by molar-refractivity contribution is 7.92. The van der Waals surface area contributed by atoms with Crippen LogP contribution in [-0.2, 0) is 10.0 Å². The third-order valence-corrected chi connectivity index (χ3v) is 3.94. The number of amides is 2. The van der Waals surface area contributed by atoms with Gasteiger partial charge in [-0.2, -0.15) is 0 Å². The molecule has 1 aromatic rings. The number of hydrogen-bond donors (Lipinski definition) is 2. The van der Waals surface area contributed by atoms with E-state index in [0.29, 0.717) is 11.4 Å². The van der Waals surface area contributed by atoms with Gasteiger partial charge >= 0.3 is 6.03 Å². The molecule has 1 aromatic carbocycles. The van der Waals surface area contributed by atoms with Gasteiger partial charge < -0.3 is 10.2 Å². The maximum atomic E-state index is 12.1. The predicted molar refractivity (Wildman–Crippen MR) is 84.0 cm³/mol. The number of urea groups is 1. The van der Waals surface area contributed by atoms with Crippen molar-refractivity contribution in [3.8, 4) is 0 Å². The van der Waals surface area contributed by atoms with Crippen molar-refractivity contribution < 1.29 is 13.2 Å². The third-order valence-electron chi connectivity index (χ3n) is 3.33. The van der Waals surface area contributed by atoms with Crippen LogP contribution in [0.1, 0.15) is 25.7 Å². The monoisotopic (exact) mass is 311 g/mol. The number of sulfonamides is 1. The first-order valence-electron chi connectivity index (χ1n) is 7.08. The summed E-state index contributed by atoms with van der Waals surface area (Å²) >= 11 is 0. The number of carbonyl (C=O) groups is 1. The van der Waals surface area contributed by atoms with Gasteiger partial charge in [0.15, 0.2) is 0 Å². The van der Waals surface area contributed by atoms with E-state index in [1.54, 1.807) is 24.3 Å². The number of likely N-dealkylation sites (tertiary alicyclic amines) is 1. The third kappa shape index (κ3) is 5.26. The van der Waals surface area contributed by atoms with E-state index in [1.807, 2.05) is 4.90 Å². The molecule has 0 aromatic heterocycles. The molecule has 1 aliphatic heterocycles. The van der Waals surface area contributed by atoms with Crippen molar-refractivity contribution in [2.75, 3.05) is 29.4 Å². The Kier molecular flexibility index (Phi) is 5.06. The molecule has 1 saturated heterocycles. The normalized spacial score (nSPS) is 16.1. The Morgan fingerprint density at radius 1 is 1.00 bits per heavy atom. The highest BCUT2D eigenvalue weighted by atomic mass is 32.2. The van der Waals surface area contributed by atoms with Crippen LogP contribution in [0, 0.1) is 0 Å². The first-order chi connectivity index (χ1) is 9.94. The Balaban J connectivity index is 1.94. The first-order valence-corrected chi connectivity index (χ1v) is 8.97. The van der Waals surface area contributed by atoms with E-state index in [1.165, 1.54) is 12.8 Å². The number of nitrogens with one attached hydrogen (secondary N) is 2. The molecule has 2 amide bonds. The Bertz CT molecular complexity index is 576. The summed E-state index contributed by atoms with van der Waals surface area (Å²) in [6.45, 7) is 1.58. The zero-order valence-corrected chi connectivity index (χ0v) is 12.9. The largest absolute Gasteiger partial charge is 0.325 e. The van der Waals surface area contributed by atoms with Crippen molar-refractivity contribution in [2.24, 2.45) is 0 Å². The molecule has 0 spiro atoms. The molecule has 1 fully saturated rings. The lowest BCUT2D eigenvalue weighted by Gasteiger charge is -2.20. The zero-order chi connectivity index (χ0) is 15.3. The fourth-order valence-corrected chi connectivity index (χ4v) is 2.88. The molecule has 7 heteroatoms. The number of carbonyl (C=O) groups excluding carboxylic acids is 1. The number of nitrogens with zero attached hydrogens (tertiary/aromatic N) is 1. The molecule has 0 radical (unpaired) electrons. The molecular weight excluding hydrogens is 290 g/mol. The summed E-state index contributed by atoms with van der Waals surface area (Å²) in [7, 11) is -3.28. The molecule has 0 bridgehead atoms. The second kappa shape index (κ2) is 6.80. The number of benzene rings is 1. The molecule has 6 nitrogen and oxygen atoms in total. The summed E-state index contributed by atoms with van der Waals surface area (Å²) in [5, 5.41) is 2.84. The Labute approximate surface area is 125 Å². The van der Waals surface area contributed by atoms with E-state index in [-0.39, 0.29) is 6.03 Å². The average Bonchev–Trinajstić information content (AvgIpc) is 2.68. The SMILES string of the molecule is CS(=O)(=O)Nc1ccc(NC(=O)N2CCCCCC2)cc1. The number of hydrogen-bond acceptors (Lipinski definition) is 3. The summed E-state index contributed by atoms with van der Waals surface area (Å²) in [5.41, 5.74) is 1.13. The molecule has 2 N–H and O–H groups in total. The minimum absolute atomic E-state index is 0.0966. The van der Waals surface area contributed by atoms with Crippen LogP contribution in [0.2, 0.25) is 0 Å². The van der Waals surface area contributed by atoms with Crippen LogP contribution in [-0.4, -0.2) is 38.7 Å². The van der Waals surface area contributed by atoms with Crippen molar-refractivity contribution in [2.45, 2.75) is 25.7 Å². The highest BCUT2D eigenvalue weighted by Gasteiger charge is 2.15. The van der Waals surface area contributed by atoms with E-state index < -0.39 is 10.0 Å². The van der Waals surface area contributed by atoms with Gasteiger partial charge in [-0.1, -0.05) is 12.8 Å². The highest BCUT2D eigenvalue weighted by Crippen LogP contribution is 2.16. The lowest BCUT2D eigenvalue weighted by Crippen LogP contribution is -2.35. The zero-order valence-electron chi connectivity index (χ0n) is 12.1.